The van der Waals surface area contributed by atoms with Crippen LogP contribution in [0.4, 0.5) is 0 Å². The summed E-state index contributed by atoms with van der Waals surface area (Å²) in [6.45, 7) is 8.47. The van der Waals surface area contributed by atoms with Crippen molar-refractivity contribution >= 4 is 11.8 Å². The molecule has 0 saturated carbocycles. The van der Waals surface area contributed by atoms with Crippen molar-refractivity contribution in [3.05, 3.63) is 23.3 Å². The summed E-state index contributed by atoms with van der Waals surface area (Å²) in [5, 5.41) is 0. The molecule has 0 amide bonds. The zero-order valence-electron chi connectivity index (χ0n) is 17.2. The maximum atomic E-state index is 13.3. The summed E-state index contributed by atoms with van der Waals surface area (Å²) in [5.74, 6) is -0.281. The molecule has 0 aromatic heterocycles. The minimum absolute atomic E-state index is 0.0353. The van der Waals surface area contributed by atoms with E-state index in [-0.39, 0.29) is 30.7 Å². The zero-order chi connectivity index (χ0) is 20.3. The van der Waals surface area contributed by atoms with E-state index in [2.05, 4.69) is 6.92 Å². The summed E-state index contributed by atoms with van der Waals surface area (Å²) in [5.41, 5.74) is 1.37. The number of fused-ring (bicyclic) bond motifs is 2. The minimum Gasteiger partial charge on any atom is -0.490 e. The molecule has 6 heteroatoms. The summed E-state index contributed by atoms with van der Waals surface area (Å²) in [6, 6.07) is 3.59. The van der Waals surface area contributed by atoms with Gasteiger partial charge >= 0.3 is 5.97 Å². The average Bonchev–Trinajstić information content (AvgIpc) is 2.61. The summed E-state index contributed by atoms with van der Waals surface area (Å²) < 4.78 is 22.4. The Labute approximate surface area is 166 Å². The van der Waals surface area contributed by atoms with Gasteiger partial charge in [-0.1, -0.05) is 13.3 Å². The Morgan fingerprint density at radius 1 is 1.21 bits per heavy atom. The Kier molecular flexibility index (Phi) is 6.60. The van der Waals surface area contributed by atoms with Gasteiger partial charge in [-0.25, -0.2) is 0 Å². The predicted octanol–water partition coefficient (Wildman–Crippen LogP) is 3.93. The number of Topliss-reactive ketones (excluding diaryl/α,β-unsaturated/α-hetero) is 1. The van der Waals surface area contributed by atoms with Gasteiger partial charge in [0.15, 0.2) is 12.6 Å². The molecule has 2 unspecified atom stereocenters. The van der Waals surface area contributed by atoms with Crippen molar-refractivity contribution in [1.29, 1.82) is 0 Å². The molecule has 1 aliphatic carbocycles. The lowest BCUT2D eigenvalue weighted by Crippen LogP contribution is -2.45. The maximum absolute atomic E-state index is 13.3. The summed E-state index contributed by atoms with van der Waals surface area (Å²) in [4.78, 5) is 25.8. The van der Waals surface area contributed by atoms with Gasteiger partial charge in [-0.15, -0.1) is 0 Å². The van der Waals surface area contributed by atoms with Crippen molar-refractivity contribution < 1.29 is 28.5 Å². The molecular weight excluding hydrogens is 360 g/mol. The Hall–Kier alpha value is -2.08. The van der Waals surface area contributed by atoms with Crippen molar-refractivity contribution in [3.63, 3.8) is 0 Å². The predicted molar refractivity (Wildman–Crippen MR) is 104 cm³/mol. The normalized spacial score (nSPS) is 23.8. The van der Waals surface area contributed by atoms with Crippen molar-refractivity contribution in [2.75, 3.05) is 13.4 Å². The third-order valence-corrected chi connectivity index (χ3v) is 5.23. The maximum Gasteiger partial charge on any atom is 0.317 e. The number of ketones is 1. The first kappa shape index (κ1) is 20.6. The van der Waals surface area contributed by atoms with Crippen LogP contribution < -0.4 is 9.47 Å². The molecule has 1 aromatic carbocycles. The van der Waals surface area contributed by atoms with Crippen LogP contribution in [0.5, 0.6) is 11.5 Å². The van der Waals surface area contributed by atoms with Crippen molar-refractivity contribution in [2.45, 2.75) is 65.6 Å². The van der Waals surface area contributed by atoms with Crippen LogP contribution in [0.15, 0.2) is 12.1 Å². The Morgan fingerprint density at radius 3 is 2.68 bits per heavy atom. The lowest BCUT2D eigenvalue weighted by Gasteiger charge is -2.38. The quantitative estimate of drug-likeness (QED) is 0.290. The van der Waals surface area contributed by atoms with E-state index in [1.807, 2.05) is 26.8 Å². The lowest BCUT2D eigenvalue weighted by molar-refractivity contribution is -0.162. The summed E-state index contributed by atoms with van der Waals surface area (Å²) in [7, 11) is 0. The topological polar surface area (TPSA) is 71.1 Å². The van der Waals surface area contributed by atoms with E-state index in [9.17, 15) is 9.59 Å². The highest BCUT2D eigenvalue weighted by atomic mass is 16.7. The Morgan fingerprint density at radius 2 is 2.00 bits per heavy atom. The van der Waals surface area contributed by atoms with Gasteiger partial charge in [0, 0.05) is 12.7 Å². The second kappa shape index (κ2) is 8.95. The van der Waals surface area contributed by atoms with E-state index in [4.69, 9.17) is 18.9 Å². The van der Waals surface area contributed by atoms with E-state index in [1.165, 1.54) is 0 Å². The molecule has 0 spiro atoms. The number of hydrogen-bond acceptors (Lipinski definition) is 6. The molecule has 6 nitrogen and oxygen atoms in total. The third kappa shape index (κ3) is 4.32. The monoisotopic (exact) mass is 390 g/mol. The number of cyclic esters (lactones) is 1. The molecule has 28 heavy (non-hydrogen) atoms. The molecule has 154 valence electrons. The molecule has 1 aromatic rings. The standard InChI is InChI=1S/C22H30O6/c1-5-7-16-9-15-8-14-10-17(26-12-25-6-2)11-18(27-13(3)4)19(14)21(23)20(15)22(24)28-16/h10-11,13,15-16,20H,5-9,12H2,1-4H3/t15?,16-,20?/m0/s1. The molecule has 1 heterocycles. The van der Waals surface area contributed by atoms with Gasteiger partial charge in [0.05, 0.1) is 11.7 Å². The van der Waals surface area contributed by atoms with Crippen LogP contribution >= 0.6 is 0 Å². The molecule has 0 N–H and O–H groups in total. The van der Waals surface area contributed by atoms with Crippen LogP contribution in [-0.2, 0) is 20.7 Å². The van der Waals surface area contributed by atoms with E-state index >= 15 is 0 Å². The molecule has 0 bridgehead atoms. The largest absolute Gasteiger partial charge is 0.490 e. The van der Waals surface area contributed by atoms with Gasteiger partial charge in [0.1, 0.15) is 23.5 Å². The molecule has 2 aliphatic rings. The first-order chi connectivity index (χ1) is 13.4. The van der Waals surface area contributed by atoms with Crippen molar-refractivity contribution in [3.8, 4) is 11.5 Å². The number of ether oxygens (including phenoxy) is 4. The zero-order valence-corrected chi connectivity index (χ0v) is 17.2. The number of carbonyl (C=O) groups is 2. The molecule has 3 rings (SSSR count). The summed E-state index contributed by atoms with van der Waals surface area (Å²) >= 11 is 0. The van der Waals surface area contributed by atoms with Crippen molar-refractivity contribution in [2.24, 2.45) is 11.8 Å². The van der Waals surface area contributed by atoms with Gasteiger partial charge in [0.25, 0.3) is 0 Å². The smallest absolute Gasteiger partial charge is 0.317 e. The van der Waals surface area contributed by atoms with Gasteiger partial charge in [-0.3, -0.25) is 9.59 Å². The number of carbonyl (C=O) groups excluding carboxylic acids is 2. The second-order valence-corrected chi connectivity index (χ2v) is 7.77. The minimum atomic E-state index is -0.731. The highest BCUT2D eigenvalue weighted by Gasteiger charge is 2.47. The average molecular weight is 390 g/mol. The first-order valence-electron chi connectivity index (χ1n) is 10.2. The van der Waals surface area contributed by atoms with Crippen LogP contribution in [0.1, 0.15) is 62.9 Å². The lowest BCUT2D eigenvalue weighted by atomic mass is 9.71. The summed E-state index contributed by atoms with van der Waals surface area (Å²) in [6.07, 6.45) is 2.93. The van der Waals surface area contributed by atoms with Crippen LogP contribution in [0, 0.1) is 11.8 Å². The number of esters is 1. The van der Waals surface area contributed by atoms with Crippen LogP contribution in [0.2, 0.25) is 0 Å². The fourth-order valence-corrected chi connectivity index (χ4v) is 4.12. The van der Waals surface area contributed by atoms with Gasteiger partial charge < -0.3 is 18.9 Å². The van der Waals surface area contributed by atoms with Gasteiger partial charge in [-0.05, 0) is 57.6 Å². The molecule has 3 atom stereocenters. The Bertz CT molecular complexity index is 726. The molecule has 1 fully saturated rings. The second-order valence-electron chi connectivity index (χ2n) is 7.77. The van der Waals surface area contributed by atoms with Crippen LogP contribution in [-0.4, -0.2) is 37.4 Å². The van der Waals surface area contributed by atoms with E-state index in [1.54, 1.807) is 6.07 Å². The SMILES string of the molecule is CCC[C@H]1CC2Cc3cc(OCOCC)cc(OC(C)C)c3C(=O)C2C(=O)O1. The van der Waals surface area contributed by atoms with Gasteiger partial charge in [-0.2, -0.15) is 0 Å². The highest BCUT2D eigenvalue weighted by Crippen LogP contribution is 2.43. The highest BCUT2D eigenvalue weighted by molar-refractivity contribution is 6.12. The fourth-order valence-electron chi connectivity index (χ4n) is 4.12. The van der Waals surface area contributed by atoms with Gasteiger partial charge in [0.2, 0.25) is 0 Å². The number of benzene rings is 1. The first-order valence-corrected chi connectivity index (χ1v) is 10.2. The van der Waals surface area contributed by atoms with Crippen LogP contribution in [0.3, 0.4) is 0 Å². The van der Waals surface area contributed by atoms with Crippen LogP contribution in [0.25, 0.3) is 0 Å². The number of hydrogen-bond donors (Lipinski definition) is 0. The molecule has 0 radical (unpaired) electrons. The van der Waals surface area contributed by atoms with Crippen molar-refractivity contribution in [1.82, 2.24) is 0 Å². The third-order valence-electron chi connectivity index (χ3n) is 5.23. The van der Waals surface area contributed by atoms with E-state index in [0.29, 0.717) is 30.1 Å². The van der Waals surface area contributed by atoms with E-state index < -0.39 is 11.9 Å². The fraction of sp³-hybridized carbons (Fsp3) is 0.636. The molecular formula is C22H30O6. The molecule has 1 aliphatic heterocycles. The van der Waals surface area contributed by atoms with E-state index in [0.717, 1.165) is 24.8 Å². The molecule has 1 saturated heterocycles. The number of rotatable bonds is 8. The Balaban J connectivity index is 1.94.